The topological polar surface area (TPSA) is 49.3 Å². The number of halogens is 1. The molecule has 0 bridgehead atoms. The van der Waals surface area contributed by atoms with Gasteiger partial charge in [0.15, 0.2) is 0 Å². The molecule has 3 nitrogen and oxygen atoms in total. The van der Waals surface area contributed by atoms with Gasteiger partial charge in [-0.1, -0.05) is 76.9 Å². The van der Waals surface area contributed by atoms with Gasteiger partial charge < -0.3 is 10.4 Å². The fraction of sp³-hybridized carbons (Fsp3) is 0.269. The molecule has 30 heavy (non-hydrogen) atoms. The summed E-state index contributed by atoms with van der Waals surface area (Å²) in [5.41, 5.74) is 7.10. The molecule has 154 valence electrons. The summed E-state index contributed by atoms with van der Waals surface area (Å²) in [5, 5.41) is 13.5. The summed E-state index contributed by atoms with van der Waals surface area (Å²) in [5.74, 6) is -0.530. The number of nitrogens with one attached hydrogen (secondary N) is 1. The fourth-order valence-electron chi connectivity index (χ4n) is 4.61. The monoisotopic (exact) mass is 463 g/mol. The highest BCUT2D eigenvalue weighted by molar-refractivity contribution is 9.10. The molecule has 0 aromatic heterocycles. The van der Waals surface area contributed by atoms with E-state index < -0.39 is 5.97 Å². The molecular formula is C26H26BrNO2. The van der Waals surface area contributed by atoms with Gasteiger partial charge in [0, 0.05) is 22.4 Å². The predicted molar refractivity (Wildman–Crippen MR) is 126 cm³/mol. The van der Waals surface area contributed by atoms with Crippen molar-refractivity contribution >= 4 is 27.6 Å². The summed E-state index contributed by atoms with van der Waals surface area (Å²) >= 11 is 3.53. The van der Waals surface area contributed by atoms with E-state index in [2.05, 4.69) is 90.5 Å². The van der Waals surface area contributed by atoms with Crippen molar-refractivity contribution in [2.24, 2.45) is 0 Å². The lowest BCUT2D eigenvalue weighted by Gasteiger charge is -2.38. The van der Waals surface area contributed by atoms with Gasteiger partial charge in [0.1, 0.15) is 0 Å². The molecule has 1 aliphatic heterocycles. The average molecular weight is 464 g/mol. The summed E-state index contributed by atoms with van der Waals surface area (Å²) in [4.78, 5) is 12.1. The molecule has 1 aliphatic rings. The Kier molecular flexibility index (Phi) is 5.70. The molecule has 0 amide bonds. The van der Waals surface area contributed by atoms with Gasteiger partial charge in [0.2, 0.25) is 0 Å². The van der Waals surface area contributed by atoms with Crippen LogP contribution in [-0.2, 0) is 0 Å². The third-order valence-corrected chi connectivity index (χ3v) is 6.76. The SMILES string of the molecule is Cc1ccc(C)c([C@@H]2C[C@@H]([C@H](C)c3ccccc3)Nc3c(C(=O)O)cc(Br)cc32)c1. The third-order valence-electron chi connectivity index (χ3n) is 6.30. The molecule has 1 heterocycles. The maximum absolute atomic E-state index is 12.1. The number of anilines is 1. The quantitative estimate of drug-likeness (QED) is 0.442. The Bertz CT molecular complexity index is 1090. The molecule has 0 saturated heterocycles. The van der Waals surface area contributed by atoms with Gasteiger partial charge >= 0.3 is 5.97 Å². The van der Waals surface area contributed by atoms with E-state index in [4.69, 9.17) is 0 Å². The van der Waals surface area contributed by atoms with Crippen molar-refractivity contribution < 1.29 is 9.90 Å². The van der Waals surface area contributed by atoms with Gasteiger partial charge in [0.25, 0.3) is 0 Å². The van der Waals surface area contributed by atoms with Crippen LogP contribution in [0.2, 0.25) is 0 Å². The number of aromatic carboxylic acids is 1. The van der Waals surface area contributed by atoms with Crippen molar-refractivity contribution in [2.45, 2.75) is 45.1 Å². The van der Waals surface area contributed by atoms with Crippen LogP contribution in [0, 0.1) is 13.8 Å². The van der Waals surface area contributed by atoms with E-state index in [1.54, 1.807) is 6.07 Å². The van der Waals surface area contributed by atoms with E-state index in [9.17, 15) is 9.90 Å². The first-order valence-electron chi connectivity index (χ1n) is 10.3. The number of fused-ring (bicyclic) bond motifs is 1. The molecule has 2 N–H and O–H groups in total. The summed E-state index contributed by atoms with van der Waals surface area (Å²) in [7, 11) is 0. The molecular weight excluding hydrogens is 438 g/mol. The van der Waals surface area contributed by atoms with E-state index in [1.807, 2.05) is 6.07 Å². The maximum atomic E-state index is 12.1. The van der Waals surface area contributed by atoms with Crippen molar-refractivity contribution in [3.05, 3.63) is 98.5 Å². The number of carboxylic acids is 1. The van der Waals surface area contributed by atoms with Crippen LogP contribution in [0.5, 0.6) is 0 Å². The van der Waals surface area contributed by atoms with Crippen molar-refractivity contribution in [2.75, 3.05) is 5.32 Å². The van der Waals surface area contributed by atoms with Gasteiger partial charge in [-0.15, -0.1) is 0 Å². The summed E-state index contributed by atoms with van der Waals surface area (Å²) < 4.78 is 0.797. The van der Waals surface area contributed by atoms with Crippen LogP contribution in [0.1, 0.15) is 63.4 Å². The van der Waals surface area contributed by atoms with Crippen LogP contribution in [0.15, 0.2) is 65.1 Å². The van der Waals surface area contributed by atoms with Crippen LogP contribution >= 0.6 is 15.9 Å². The molecule has 3 atom stereocenters. The molecule has 4 heteroatoms. The Balaban J connectivity index is 1.87. The zero-order valence-corrected chi connectivity index (χ0v) is 19.0. The highest BCUT2D eigenvalue weighted by Gasteiger charge is 2.34. The van der Waals surface area contributed by atoms with E-state index in [-0.39, 0.29) is 17.9 Å². The number of benzene rings is 3. The number of hydrogen-bond donors (Lipinski definition) is 2. The lowest BCUT2D eigenvalue weighted by atomic mass is 9.75. The van der Waals surface area contributed by atoms with Crippen LogP contribution < -0.4 is 5.32 Å². The lowest BCUT2D eigenvalue weighted by molar-refractivity contribution is 0.0697. The predicted octanol–water partition coefficient (Wildman–Crippen LogP) is 6.88. The van der Waals surface area contributed by atoms with Crippen molar-refractivity contribution in [3.8, 4) is 0 Å². The number of carbonyl (C=O) groups is 1. The number of aryl methyl sites for hydroxylation is 2. The smallest absolute Gasteiger partial charge is 0.337 e. The van der Waals surface area contributed by atoms with Gasteiger partial charge in [-0.25, -0.2) is 4.79 Å². The summed E-state index contributed by atoms with van der Waals surface area (Å²) in [6.07, 6.45) is 0.906. The van der Waals surface area contributed by atoms with Gasteiger partial charge in [-0.2, -0.15) is 0 Å². The van der Waals surface area contributed by atoms with Crippen LogP contribution in [-0.4, -0.2) is 17.1 Å². The normalized spacial score (nSPS) is 18.9. The molecule has 0 saturated carbocycles. The average Bonchev–Trinajstić information content (AvgIpc) is 2.74. The van der Waals surface area contributed by atoms with Crippen LogP contribution in [0.25, 0.3) is 0 Å². The Morgan fingerprint density at radius 1 is 1.07 bits per heavy atom. The molecule has 0 spiro atoms. The Labute approximate surface area is 186 Å². The maximum Gasteiger partial charge on any atom is 0.337 e. The second-order valence-corrected chi connectivity index (χ2v) is 9.24. The van der Waals surface area contributed by atoms with Gasteiger partial charge in [0.05, 0.1) is 11.3 Å². The van der Waals surface area contributed by atoms with Crippen molar-refractivity contribution in [1.82, 2.24) is 0 Å². The Hall–Kier alpha value is -2.59. The first-order valence-corrected chi connectivity index (χ1v) is 11.1. The molecule has 4 rings (SSSR count). The minimum Gasteiger partial charge on any atom is -0.478 e. The van der Waals surface area contributed by atoms with E-state index in [0.717, 1.165) is 22.1 Å². The van der Waals surface area contributed by atoms with Crippen LogP contribution in [0.3, 0.4) is 0 Å². The standard InChI is InChI=1S/C26H26BrNO2/c1-15-9-10-16(2)20(11-15)21-14-24(17(3)18-7-5-4-6-8-18)28-25-22(21)12-19(27)13-23(25)26(29)30/h4-13,17,21,24,28H,14H2,1-3H3,(H,29,30)/t17-,21+,24+/m1/s1. The largest absolute Gasteiger partial charge is 0.478 e. The minimum atomic E-state index is -0.909. The highest BCUT2D eigenvalue weighted by atomic mass is 79.9. The van der Waals surface area contributed by atoms with Gasteiger partial charge in [-0.3, -0.25) is 0 Å². The number of rotatable bonds is 4. The van der Waals surface area contributed by atoms with E-state index in [1.165, 1.54) is 22.3 Å². The zero-order chi connectivity index (χ0) is 21.4. The fourth-order valence-corrected chi connectivity index (χ4v) is 5.08. The molecule has 0 fully saturated rings. The van der Waals surface area contributed by atoms with Crippen molar-refractivity contribution in [1.29, 1.82) is 0 Å². The Morgan fingerprint density at radius 2 is 1.80 bits per heavy atom. The second-order valence-electron chi connectivity index (χ2n) is 8.32. The molecule has 3 aromatic rings. The molecule has 3 aromatic carbocycles. The summed E-state index contributed by atoms with van der Waals surface area (Å²) in [6, 6.07) is 20.9. The lowest BCUT2D eigenvalue weighted by Crippen LogP contribution is -2.34. The first-order chi connectivity index (χ1) is 14.3. The van der Waals surface area contributed by atoms with Crippen molar-refractivity contribution in [3.63, 3.8) is 0 Å². The summed E-state index contributed by atoms with van der Waals surface area (Å²) in [6.45, 7) is 6.47. The number of carboxylic acid groups (broad SMARTS) is 1. The minimum absolute atomic E-state index is 0.129. The molecule has 0 aliphatic carbocycles. The Morgan fingerprint density at radius 3 is 2.50 bits per heavy atom. The second kappa shape index (κ2) is 8.27. The molecule has 0 radical (unpaired) electrons. The van der Waals surface area contributed by atoms with Crippen LogP contribution in [0.4, 0.5) is 5.69 Å². The number of hydrogen-bond acceptors (Lipinski definition) is 2. The van der Waals surface area contributed by atoms with Gasteiger partial charge in [-0.05, 0) is 54.7 Å². The highest BCUT2D eigenvalue weighted by Crippen LogP contribution is 2.45. The van der Waals surface area contributed by atoms with E-state index in [0.29, 0.717) is 5.56 Å². The van der Waals surface area contributed by atoms with E-state index >= 15 is 0 Å². The first kappa shape index (κ1) is 20.7. The molecule has 0 unspecified atom stereocenters. The zero-order valence-electron chi connectivity index (χ0n) is 17.4. The third kappa shape index (κ3) is 3.89.